The second kappa shape index (κ2) is 5.34. The van der Waals surface area contributed by atoms with Crippen LogP contribution in [0.5, 0.6) is 5.75 Å². The lowest BCUT2D eigenvalue weighted by Gasteiger charge is -2.20. The Morgan fingerprint density at radius 2 is 2.19 bits per heavy atom. The quantitative estimate of drug-likeness (QED) is 0.835. The van der Waals surface area contributed by atoms with Crippen molar-refractivity contribution in [2.75, 3.05) is 32.9 Å². The zero-order valence-corrected chi connectivity index (χ0v) is 12.2. The molecule has 1 amide bonds. The smallest absolute Gasteiger partial charge is 0.228 e. The highest BCUT2D eigenvalue weighted by Crippen LogP contribution is 2.33. The van der Waals surface area contributed by atoms with E-state index in [-0.39, 0.29) is 5.92 Å². The van der Waals surface area contributed by atoms with Gasteiger partial charge >= 0.3 is 0 Å². The number of benzene rings is 1. The molecule has 0 spiro atoms. The fourth-order valence-electron chi connectivity index (χ4n) is 3.68. The van der Waals surface area contributed by atoms with Gasteiger partial charge in [-0.05, 0) is 30.0 Å². The molecule has 3 heterocycles. The summed E-state index contributed by atoms with van der Waals surface area (Å²) in [7, 11) is 0. The fourth-order valence-corrected chi connectivity index (χ4v) is 3.68. The summed E-state index contributed by atoms with van der Waals surface area (Å²) >= 11 is 0. The van der Waals surface area contributed by atoms with Gasteiger partial charge in [-0.3, -0.25) is 4.79 Å². The van der Waals surface area contributed by atoms with Gasteiger partial charge in [0.05, 0.1) is 19.1 Å². The Kier molecular flexibility index (Phi) is 3.34. The predicted molar refractivity (Wildman–Crippen MR) is 78.5 cm³/mol. The number of rotatable bonds is 2. The summed E-state index contributed by atoms with van der Waals surface area (Å²) in [6.07, 6.45) is 2.97. The first-order valence-corrected chi connectivity index (χ1v) is 7.93. The summed E-state index contributed by atoms with van der Waals surface area (Å²) in [6, 6.07) is 6.54. The van der Waals surface area contributed by atoms with Gasteiger partial charge in [-0.15, -0.1) is 0 Å². The molecule has 0 bridgehead atoms. The number of hydrogen-bond donors (Lipinski definition) is 0. The molecule has 0 aliphatic carbocycles. The van der Waals surface area contributed by atoms with E-state index in [0.717, 1.165) is 51.3 Å². The van der Waals surface area contributed by atoms with Gasteiger partial charge in [0, 0.05) is 32.0 Å². The summed E-state index contributed by atoms with van der Waals surface area (Å²) in [6.45, 7) is 3.88. The van der Waals surface area contributed by atoms with Crippen LogP contribution in [0, 0.1) is 5.92 Å². The number of hydrogen-bond acceptors (Lipinski definition) is 3. The van der Waals surface area contributed by atoms with Crippen molar-refractivity contribution in [1.82, 2.24) is 4.90 Å². The van der Waals surface area contributed by atoms with Gasteiger partial charge < -0.3 is 14.4 Å². The Balaban J connectivity index is 1.45. The first kappa shape index (κ1) is 13.1. The highest BCUT2D eigenvalue weighted by molar-refractivity contribution is 5.79. The van der Waals surface area contributed by atoms with Crippen LogP contribution in [0.2, 0.25) is 0 Å². The second-order valence-corrected chi connectivity index (χ2v) is 6.30. The molecule has 2 fully saturated rings. The lowest BCUT2D eigenvalue weighted by Crippen LogP contribution is -2.34. The van der Waals surface area contributed by atoms with E-state index in [1.54, 1.807) is 0 Å². The van der Waals surface area contributed by atoms with E-state index in [9.17, 15) is 4.79 Å². The Labute approximate surface area is 125 Å². The van der Waals surface area contributed by atoms with E-state index < -0.39 is 0 Å². The van der Waals surface area contributed by atoms with Gasteiger partial charge in [-0.25, -0.2) is 0 Å². The van der Waals surface area contributed by atoms with Crippen LogP contribution in [-0.4, -0.2) is 43.7 Å². The van der Waals surface area contributed by atoms with E-state index in [0.29, 0.717) is 18.4 Å². The molecular formula is C17H21NO3. The van der Waals surface area contributed by atoms with Crippen LogP contribution in [0.25, 0.3) is 0 Å². The third-order valence-corrected chi connectivity index (χ3v) is 4.96. The average molecular weight is 287 g/mol. The molecule has 4 rings (SSSR count). The maximum Gasteiger partial charge on any atom is 0.228 e. The van der Waals surface area contributed by atoms with Crippen molar-refractivity contribution in [3.63, 3.8) is 0 Å². The number of fused-ring (bicyclic) bond motifs is 1. The number of nitrogens with zero attached hydrogens (tertiary/aromatic N) is 1. The Morgan fingerprint density at radius 1 is 1.24 bits per heavy atom. The molecular weight excluding hydrogens is 266 g/mol. The monoisotopic (exact) mass is 287 g/mol. The van der Waals surface area contributed by atoms with Gasteiger partial charge in [0.1, 0.15) is 5.75 Å². The van der Waals surface area contributed by atoms with Crippen LogP contribution in [0.4, 0.5) is 0 Å². The maximum atomic E-state index is 12.4. The molecule has 0 aromatic heterocycles. The van der Waals surface area contributed by atoms with Crippen LogP contribution < -0.4 is 4.74 Å². The largest absolute Gasteiger partial charge is 0.493 e. The molecule has 112 valence electrons. The topological polar surface area (TPSA) is 38.8 Å². The molecule has 3 aliphatic heterocycles. The van der Waals surface area contributed by atoms with Crippen molar-refractivity contribution in [1.29, 1.82) is 0 Å². The van der Waals surface area contributed by atoms with E-state index in [4.69, 9.17) is 9.47 Å². The van der Waals surface area contributed by atoms with Crippen LogP contribution >= 0.6 is 0 Å². The Bertz CT molecular complexity index is 551. The third kappa shape index (κ3) is 2.42. The molecule has 3 aliphatic rings. The van der Waals surface area contributed by atoms with Crippen LogP contribution in [0.1, 0.15) is 29.9 Å². The van der Waals surface area contributed by atoms with Crippen LogP contribution in [0.3, 0.4) is 0 Å². The molecule has 0 radical (unpaired) electrons. The Morgan fingerprint density at radius 3 is 3.05 bits per heavy atom. The molecule has 2 saturated heterocycles. The summed E-state index contributed by atoms with van der Waals surface area (Å²) in [4.78, 5) is 14.5. The lowest BCUT2D eigenvalue weighted by molar-refractivity contribution is -0.134. The summed E-state index contributed by atoms with van der Waals surface area (Å²) < 4.78 is 10.9. The zero-order chi connectivity index (χ0) is 14.2. The van der Waals surface area contributed by atoms with Crippen molar-refractivity contribution in [2.24, 2.45) is 5.92 Å². The number of ether oxygens (including phenoxy) is 2. The molecule has 4 nitrogen and oxygen atoms in total. The van der Waals surface area contributed by atoms with Crippen molar-refractivity contribution >= 4 is 5.91 Å². The molecule has 1 aromatic carbocycles. The summed E-state index contributed by atoms with van der Waals surface area (Å²) in [5.74, 6) is 1.90. The van der Waals surface area contributed by atoms with Crippen LogP contribution in [-0.2, 0) is 16.0 Å². The molecule has 2 atom stereocenters. The summed E-state index contributed by atoms with van der Waals surface area (Å²) in [5, 5.41) is 0. The van der Waals surface area contributed by atoms with Gasteiger partial charge in [-0.2, -0.15) is 0 Å². The molecule has 0 N–H and O–H groups in total. The molecule has 21 heavy (non-hydrogen) atoms. The van der Waals surface area contributed by atoms with Gasteiger partial charge in [0.15, 0.2) is 0 Å². The molecule has 0 unspecified atom stereocenters. The molecule has 4 heteroatoms. The van der Waals surface area contributed by atoms with Crippen molar-refractivity contribution < 1.29 is 14.3 Å². The Hall–Kier alpha value is -1.55. The highest BCUT2D eigenvalue weighted by Gasteiger charge is 2.33. The van der Waals surface area contributed by atoms with E-state index in [2.05, 4.69) is 18.2 Å². The zero-order valence-electron chi connectivity index (χ0n) is 12.2. The van der Waals surface area contributed by atoms with Gasteiger partial charge in [-0.1, -0.05) is 12.1 Å². The van der Waals surface area contributed by atoms with Crippen LogP contribution in [0.15, 0.2) is 18.2 Å². The SMILES string of the molecule is O=C([C@H]1CCOC1)N1CC[C@H](c2ccc3c(c2)CCO3)C1. The minimum atomic E-state index is 0.0946. The second-order valence-electron chi connectivity index (χ2n) is 6.30. The predicted octanol–water partition coefficient (Wildman–Crippen LogP) is 1.97. The van der Waals surface area contributed by atoms with Gasteiger partial charge in [0.25, 0.3) is 0 Å². The van der Waals surface area contributed by atoms with E-state index in [1.165, 1.54) is 11.1 Å². The minimum Gasteiger partial charge on any atom is -0.493 e. The first-order valence-electron chi connectivity index (χ1n) is 7.93. The maximum absolute atomic E-state index is 12.4. The van der Waals surface area contributed by atoms with Crippen molar-refractivity contribution in [3.8, 4) is 5.75 Å². The minimum absolute atomic E-state index is 0.0946. The molecule has 1 aromatic rings. The van der Waals surface area contributed by atoms with E-state index >= 15 is 0 Å². The standard InChI is InChI=1S/C17H21NO3/c19-17(15-4-7-20-11-15)18-6-3-14(10-18)12-1-2-16-13(9-12)5-8-21-16/h1-2,9,14-15H,3-8,10-11H2/t14-,15-/m0/s1. The average Bonchev–Trinajstić information content (AvgIpc) is 3.25. The number of carbonyl (C=O) groups excluding carboxylic acids is 1. The van der Waals surface area contributed by atoms with Crippen molar-refractivity contribution in [3.05, 3.63) is 29.3 Å². The number of likely N-dealkylation sites (tertiary alicyclic amines) is 1. The number of carbonyl (C=O) groups is 1. The third-order valence-electron chi connectivity index (χ3n) is 4.96. The van der Waals surface area contributed by atoms with Gasteiger partial charge in [0.2, 0.25) is 5.91 Å². The summed E-state index contributed by atoms with van der Waals surface area (Å²) in [5.41, 5.74) is 2.68. The number of amides is 1. The van der Waals surface area contributed by atoms with E-state index in [1.807, 2.05) is 4.90 Å². The fraction of sp³-hybridized carbons (Fsp3) is 0.588. The van der Waals surface area contributed by atoms with Crippen molar-refractivity contribution in [2.45, 2.75) is 25.2 Å². The lowest BCUT2D eigenvalue weighted by atomic mass is 9.96. The normalized spacial score (nSPS) is 27.7. The molecule has 0 saturated carbocycles. The first-order chi connectivity index (χ1) is 10.3. The highest BCUT2D eigenvalue weighted by atomic mass is 16.5.